The summed E-state index contributed by atoms with van der Waals surface area (Å²) in [4.78, 5) is 16.1. The van der Waals surface area contributed by atoms with Gasteiger partial charge in [0.05, 0.1) is 17.4 Å². The van der Waals surface area contributed by atoms with E-state index in [2.05, 4.69) is 21.7 Å². The van der Waals surface area contributed by atoms with Crippen molar-refractivity contribution in [3.63, 3.8) is 0 Å². The number of anilines is 1. The largest absolute Gasteiger partial charge is 0.350 e. The lowest BCUT2D eigenvalue weighted by molar-refractivity contribution is 0.626. The van der Waals surface area contributed by atoms with E-state index in [4.69, 9.17) is 9.98 Å². The van der Waals surface area contributed by atoms with E-state index in [0.29, 0.717) is 12.0 Å². The molecule has 0 bridgehead atoms. The van der Waals surface area contributed by atoms with Crippen molar-refractivity contribution in [3.8, 4) is 0 Å². The molecule has 0 aliphatic carbocycles. The lowest BCUT2D eigenvalue weighted by Crippen LogP contribution is -2.31. The highest BCUT2D eigenvalue weighted by Crippen LogP contribution is 2.37. The molecule has 2 aromatic rings. The van der Waals surface area contributed by atoms with Crippen molar-refractivity contribution in [2.45, 2.75) is 45.2 Å². The Kier molecular flexibility index (Phi) is 7.55. The van der Waals surface area contributed by atoms with Gasteiger partial charge in [0, 0.05) is 25.0 Å². The Hall–Kier alpha value is -2.71. The van der Waals surface area contributed by atoms with E-state index in [1.165, 1.54) is 25.0 Å². The molecule has 2 unspecified atom stereocenters. The minimum absolute atomic E-state index is 0.184. The van der Waals surface area contributed by atoms with Gasteiger partial charge in [0.2, 0.25) is 5.95 Å². The van der Waals surface area contributed by atoms with Gasteiger partial charge in [0.1, 0.15) is 5.82 Å². The van der Waals surface area contributed by atoms with E-state index < -0.39 is 0 Å². The van der Waals surface area contributed by atoms with Crippen LogP contribution in [-0.2, 0) is 0 Å². The summed E-state index contributed by atoms with van der Waals surface area (Å²) >= 11 is 1.57. The second-order valence-electron chi connectivity index (χ2n) is 7.54. The van der Waals surface area contributed by atoms with Crippen molar-refractivity contribution in [1.29, 1.82) is 0 Å². The predicted octanol–water partition coefficient (Wildman–Crippen LogP) is 5.17. The first kappa shape index (κ1) is 22.5. The van der Waals surface area contributed by atoms with Gasteiger partial charge in [-0.3, -0.25) is 4.90 Å². The van der Waals surface area contributed by atoms with Crippen LogP contribution in [0.15, 0.2) is 59.2 Å². The van der Waals surface area contributed by atoms with Gasteiger partial charge in [0.15, 0.2) is 5.17 Å². The van der Waals surface area contributed by atoms with Crippen LogP contribution >= 0.6 is 11.8 Å². The minimum Gasteiger partial charge on any atom is -0.350 e. The average Bonchev–Trinajstić information content (AvgIpc) is 3.17. The fourth-order valence-corrected chi connectivity index (χ4v) is 4.62. The number of amidine groups is 1. The number of hydrogen-bond acceptors (Lipinski definition) is 7. The topological polar surface area (TPSA) is 65.4 Å². The Morgan fingerprint density at radius 2 is 2.00 bits per heavy atom. The molecule has 6 nitrogen and oxygen atoms in total. The van der Waals surface area contributed by atoms with Gasteiger partial charge >= 0.3 is 0 Å². The second kappa shape index (κ2) is 10.7. The number of fused-ring (bicyclic) bond motifs is 1. The van der Waals surface area contributed by atoms with Crippen LogP contribution in [0.1, 0.15) is 50.4 Å². The number of aromatic nitrogens is 2. The Labute approximate surface area is 193 Å². The van der Waals surface area contributed by atoms with Crippen molar-refractivity contribution in [2.75, 3.05) is 18.4 Å². The van der Waals surface area contributed by atoms with Crippen LogP contribution in [0, 0.1) is 5.82 Å². The summed E-state index contributed by atoms with van der Waals surface area (Å²) in [6.45, 7) is 5.99. The fraction of sp³-hybridized carbons (Fsp3) is 0.375. The predicted molar refractivity (Wildman–Crippen MR) is 131 cm³/mol. The molecule has 2 atom stereocenters. The molecule has 3 aliphatic heterocycles. The van der Waals surface area contributed by atoms with Crippen LogP contribution in [0.3, 0.4) is 0 Å². The average molecular weight is 453 g/mol. The van der Waals surface area contributed by atoms with Crippen LogP contribution < -0.4 is 10.6 Å². The lowest BCUT2D eigenvalue weighted by Gasteiger charge is -2.27. The highest BCUT2D eigenvalue weighted by Gasteiger charge is 2.28. The number of thioether (sulfide) groups is 1. The molecule has 32 heavy (non-hydrogen) atoms. The molecule has 4 heterocycles. The molecular weight excluding hydrogens is 423 g/mol. The number of nitrogens with one attached hydrogen (secondary N) is 2. The first-order valence-corrected chi connectivity index (χ1v) is 12.1. The van der Waals surface area contributed by atoms with Gasteiger partial charge in [-0.05, 0) is 54.6 Å². The van der Waals surface area contributed by atoms with Gasteiger partial charge in [-0.25, -0.2) is 19.4 Å². The summed E-state index contributed by atoms with van der Waals surface area (Å²) in [6.07, 6.45) is 9.38. The number of nitrogens with zero attached hydrogens (tertiary/aromatic N) is 4. The summed E-state index contributed by atoms with van der Waals surface area (Å²) in [6, 6.07) is 8.58. The van der Waals surface area contributed by atoms with Crippen molar-refractivity contribution in [1.82, 2.24) is 20.2 Å². The standard InChI is InChI=1S/C22H23FN6S.C2H6/c23-16-6-4-15(5-7-16)19-13-20(29-11-12-30-22(29)28-19)18-8-10-25-21(27-18)26-17-3-1-2-9-24-14-17;1-2/h4-8,10-13,17,19,24H,1-3,9,14H2,(H,25,26,27);1-2H3. The number of aliphatic imine (C=N–C) groups is 1. The molecule has 5 rings (SSSR count). The van der Waals surface area contributed by atoms with Gasteiger partial charge in [-0.2, -0.15) is 0 Å². The molecule has 2 N–H and O–H groups in total. The second-order valence-corrected chi connectivity index (χ2v) is 8.41. The monoisotopic (exact) mass is 452 g/mol. The van der Waals surface area contributed by atoms with Gasteiger partial charge in [-0.15, -0.1) is 0 Å². The molecule has 0 spiro atoms. The van der Waals surface area contributed by atoms with Crippen molar-refractivity contribution in [3.05, 3.63) is 71.3 Å². The van der Waals surface area contributed by atoms with Crippen molar-refractivity contribution >= 4 is 28.6 Å². The smallest absolute Gasteiger partial charge is 0.223 e. The zero-order chi connectivity index (χ0) is 22.3. The van der Waals surface area contributed by atoms with E-state index in [-0.39, 0.29) is 11.9 Å². The molecule has 1 aromatic carbocycles. The maximum atomic E-state index is 13.4. The molecule has 1 aromatic heterocycles. The van der Waals surface area contributed by atoms with E-state index in [1.807, 2.05) is 36.4 Å². The molecular formula is C24H29FN6S. The lowest BCUT2D eigenvalue weighted by atomic mass is 10.0. The quantitative estimate of drug-likeness (QED) is 0.667. The molecule has 1 fully saturated rings. The fourth-order valence-electron chi connectivity index (χ4n) is 3.87. The molecule has 3 aliphatic rings. The molecule has 0 radical (unpaired) electrons. The highest BCUT2D eigenvalue weighted by atomic mass is 32.2. The zero-order valence-electron chi connectivity index (χ0n) is 18.5. The Morgan fingerprint density at radius 1 is 1.16 bits per heavy atom. The zero-order valence-corrected chi connectivity index (χ0v) is 19.3. The number of benzene rings is 1. The number of halogens is 1. The summed E-state index contributed by atoms with van der Waals surface area (Å²) in [5.74, 6) is 0.393. The van der Waals surface area contributed by atoms with E-state index in [0.717, 1.165) is 41.6 Å². The van der Waals surface area contributed by atoms with Crippen LogP contribution in [0.25, 0.3) is 5.70 Å². The van der Waals surface area contributed by atoms with E-state index in [9.17, 15) is 4.39 Å². The van der Waals surface area contributed by atoms with Gasteiger partial charge in [-0.1, -0.05) is 44.2 Å². The minimum atomic E-state index is -0.246. The van der Waals surface area contributed by atoms with Crippen molar-refractivity contribution in [2.24, 2.45) is 4.99 Å². The van der Waals surface area contributed by atoms with E-state index >= 15 is 0 Å². The summed E-state index contributed by atoms with van der Waals surface area (Å²) < 4.78 is 13.4. The van der Waals surface area contributed by atoms with Crippen LogP contribution in [-0.4, -0.2) is 39.2 Å². The highest BCUT2D eigenvalue weighted by molar-refractivity contribution is 8.16. The summed E-state index contributed by atoms with van der Waals surface area (Å²) in [5.41, 5.74) is 2.74. The third-order valence-electron chi connectivity index (χ3n) is 5.42. The normalized spacial score (nSPS) is 22.2. The Morgan fingerprint density at radius 3 is 2.84 bits per heavy atom. The Bertz CT molecular complexity index is 996. The van der Waals surface area contributed by atoms with Gasteiger partial charge in [0.25, 0.3) is 0 Å². The number of rotatable bonds is 4. The summed E-state index contributed by atoms with van der Waals surface area (Å²) in [5, 5.41) is 9.85. The molecule has 1 saturated heterocycles. The molecule has 0 amide bonds. The third kappa shape index (κ3) is 5.19. The Balaban J connectivity index is 0.00000119. The van der Waals surface area contributed by atoms with E-state index in [1.54, 1.807) is 30.1 Å². The number of hydrogen-bond donors (Lipinski definition) is 2. The van der Waals surface area contributed by atoms with Gasteiger partial charge < -0.3 is 10.6 Å². The first-order chi connectivity index (χ1) is 15.8. The maximum Gasteiger partial charge on any atom is 0.223 e. The molecule has 0 saturated carbocycles. The first-order valence-electron chi connectivity index (χ1n) is 11.2. The maximum absolute atomic E-state index is 13.4. The van der Waals surface area contributed by atoms with Crippen LogP contribution in [0.4, 0.5) is 10.3 Å². The van der Waals surface area contributed by atoms with Crippen LogP contribution in [0.2, 0.25) is 0 Å². The third-order valence-corrected chi connectivity index (χ3v) is 6.19. The SMILES string of the molecule is CC.Fc1ccc(C2C=C(c3ccnc(NC4CCCCNC4)n3)N3C=CSC3=N2)cc1. The van der Waals surface area contributed by atoms with Crippen LogP contribution in [0.5, 0.6) is 0 Å². The summed E-state index contributed by atoms with van der Waals surface area (Å²) in [7, 11) is 0. The molecule has 8 heteroatoms. The molecule has 168 valence electrons. The van der Waals surface area contributed by atoms with Crippen molar-refractivity contribution < 1.29 is 4.39 Å².